The van der Waals surface area contributed by atoms with E-state index in [0.717, 1.165) is 0 Å². The van der Waals surface area contributed by atoms with Gasteiger partial charge < -0.3 is 15.4 Å². The monoisotopic (exact) mass is 116 g/mol. The first kappa shape index (κ1) is 7.46. The molecule has 0 aliphatic carbocycles. The van der Waals surface area contributed by atoms with E-state index in [0.29, 0.717) is 10.8 Å². The van der Waals surface area contributed by atoms with Crippen molar-refractivity contribution < 1.29 is 5.11 Å². The molecular formula is C5H10NO2-. The predicted molar refractivity (Wildman–Crippen MR) is 31.7 cm³/mol. The summed E-state index contributed by atoms with van der Waals surface area (Å²) in [6.45, 7) is 6.26. The molecule has 0 heterocycles. The van der Waals surface area contributed by atoms with Crippen LogP contribution in [0.4, 0.5) is 0 Å². The molecule has 0 saturated carbocycles. The van der Waals surface area contributed by atoms with Gasteiger partial charge in [-0.25, -0.2) is 0 Å². The van der Waals surface area contributed by atoms with Gasteiger partial charge in [-0.3, -0.25) is 0 Å². The lowest BCUT2D eigenvalue weighted by molar-refractivity contribution is 0.0786. The average molecular weight is 116 g/mol. The number of aliphatic hydroxyl groups excluding tert-OH is 1. The van der Waals surface area contributed by atoms with Gasteiger partial charge in [-0.05, 0) is 19.5 Å². The van der Waals surface area contributed by atoms with Crippen LogP contribution in [0.15, 0.2) is 12.3 Å². The summed E-state index contributed by atoms with van der Waals surface area (Å²) in [5.74, 6) is 0. The molecule has 0 spiro atoms. The van der Waals surface area contributed by atoms with Crippen molar-refractivity contribution in [1.29, 1.82) is 0 Å². The number of allylic oxidation sites excluding steroid dienone is 1. The molecule has 0 amide bonds. The van der Waals surface area contributed by atoms with Gasteiger partial charge >= 0.3 is 0 Å². The molecule has 0 bridgehead atoms. The molecule has 3 nitrogen and oxygen atoms in total. The molecule has 0 aromatic rings. The third-order valence-corrected chi connectivity index (χ3v) is 0.716. The second kappa shape index (κ2) is 2.69. The molecule has 48 valence electrons. The van der Waals surface area contributed by atoms with E-state index >= 15 is 0 Å². The van der Waals surface area contributed by atoms with E-state index in [-0.39, 0.29) is 0 Å². The number of aliphatic hydroxyl groups is 1. The van der Waals surface area contributed by atoms with Crippen LogP contribution in [-0.2, 0) is 0 Å². The predicted octanol–water partition coefficient (Wildman–Crippen LogP) is 0.658. The fourth-order valence-corrected chi connectivity index (χ4v) is 0.319. The highest BCUT2D eigenvalue weighted by atomic mass is 16.5. The van der Waals surface area contributed by atoms with Crippen LogP contribution in [-0.4, -0.2) is 16.4 Å². The molecule has 0 fully saturated rings. The van der Waals surface area contributed by atoms with Crippen LogP contribution in [0.3, 0.4) is 0 Å². The van der Waals surface area contributed by atoms with Crippen molar-refractivity contribution in [1.82, 2.24) is 5.06 Å². The van der Waals surface area contributed by atoms with E-state index in [2.05, 4.69) is 6.58 Å². The maximum atomic E-state index is 10.4. The Kier molecular flexibility index (Phi) is 2.51. The van der Waals surface area contributed by atoms with Crippen molar-refractivity contribution in [2.24, 2.45) is 0 Å². The van der Waals surface area contributed by atoms with E-state index < -0.39 is 6.23 Å². The SMILES string of the molecule is C=C(C)N([O-])C(C)O. The fraction of sp³-hybridized carbons (Fsp3) is 0.600. The quantitative estimate of drug-likeness (QED) is 0.425. The number of hydroxylamine groups is 2. The molecule has 1 atom stereocenters. The number of hydrogen-bond donors (Lipinski definition) is 1. The Labute approximate surface area is 48.8 Å². The van der Waals surface area contributed by atoms with Crippen LogP contribution in [0.2, 0.25) is 0 Å². The second-order valence-corrected chi connectivity index (χ2v) is 1.69. The number of hydrogen-bond acceptors (Lipinski definition) is 3. The van der Waals surface area contributed by atoms with Crippen molar-refractivity contribution in [2.45, 2.75) is 20.1 Å². The Morgan fingerprint density at radius 3 is 2.25 bits per heavy atom. The zero-order valence-corrected chi connectivity index (χ0v) is 5.09. The van der Waals surface area contributed by atoms with Gasteiger partial charge in [0, 0.05) is 0 Å². The molecular weight excluding hydrogens is 106 g/mol. The second-order valence-electron chi connectivity index (χ2n) is 1.69. The summed E-state index contributed by atoms with van der Waals surface area (Å²) in [7, 11) is 0. The molecule has 0 aromatic carbocycles. The summed E-state index contributed by atoms with van der Waals surface area (Å²) in [6, 6.07) is 0. The van der Waals surface area contributed by atoms with Gasteiger partial charge in [-0.2, -0.15) is 0 Å². The lowest BCUT2D eigenvalue weighted by Gasteiger charge is -2.33. The highest BCUT2D eigenvalue weighted by Crippen LogP contribution is 2.00. The van der Waals surface area contributed by atoms with Crippen molar-refractivity contribution in [3.8, 4) is 0 Å². The zero-order valence-electron chi connectivity index (χ0n) is 5.09. The first-order chi connectivity index (χ1) is 3.55. The Bertz CT molecular complexity index is 90.4. The minimum absolute atomic E-state index is 0.319. The Morgan fingerprint density at radius 1 is 1.88 bits per heavy atom. The van der Waals surface area contributed by atoms with Gasteiger partial charge in [-0.15, -0.1) is 0 Å². The van der Waals surface area contributed by atoms with Gasteiger partial charge in [0.1, 0.15) is 6.23 Å². The van der Waals surface area contributed by atoms with Gasteiger partial charge in [-0.1, -0.05) is 6.58 Å². The summed E-state index contributed by atoms with van der Waals surface area (Å²) in [6.07, 6.45) is -0.979. The van der Waals surface area contributed by atoms with Crippen LogP contribution < -0.4 is 0 Å². The summed E-state index contributed by atoms with van der Waals surface area (Å²) in [5.41, 5.74) is 0.319. The Hall–Kier alpha value is -0.540. The lowest BCUT2D eigenvalue weighted by atomic mass is 10.5. The summed E-state index contributed by atoms with van der Waals surface area (Å²) < 4.78 is 0. The van der Waals surface area contributed by atoms with E-state index in [1.807, 2.05) is 0 Å². The maximum absolute atomic E-state index is 10.4. The first-order valence-electron chi connectivity index (χ1n) is 2.35. The summed E-state index contributed by atoms with van der Waals surface area (Å²) in [4.78, 5) is 0. The van der Waals surface area contributed by atoms with Crippen LogP contribution in [0.25, 0.3) is 0 Å². The summed E-state index contributed by atoms with van der Waals surface area (Å²) in [5, 5.41) is 19.4. The highest BCUT2D eigenvalue weighted by molar-refractivity contribution is 4.89. The van der Waals surface area contributed by atoms with E-state index in [1.165, 1.54) is 6.92 Å². The zero-order chi connectivity index (χ0) is 6.73. The fourth-order valence-electron chi connectivity index (χ4n) is 0.319. The average Bonchev–Trinajstić information content (AvgIpc) is 1.64. The molecule has 3 heteroatoms. The molecule has 0 saturated heterocycles. The topological polar surface area (TPSA) is 46.5 Å². The van der Waals surface area contributed by atoms with E-state index in [1.54, 1.807) is 6.92 Å². The number of nitrogens with zero attached hydrogens (tertiary/aromatic N) is 1. The van der Waals surface area contributed by atoms with Gasteiger partial charge in [0.05, 0.1) is 0 Å². The van der Waals surface area contributed by atoms with Crippen molar-refractivity contribution in [3.63, 3.8) is 0 Å². The van der Waals surface area contributed by atoms with Gasteiger partial charge in [0.2, 0.25) is 0 Å². The molecule has 0 rings (SSSR count). The molecule has 8 heavy (non-hydrogen) atoms. The Balaban J connectivity index is 3.64. The van der Waals surface area contributed by atoms with Gasteiger partial charge in [0.15, 0.2) is 0 Å². The largest absolute Gasteiger partial charge is 0.757 e. The van der Waals surface area contributed by atoms with Crippen LogP contribution in [0, 0.1) is 5.21 Å². The summed E-state index contributed by atoms with van der Waals surface area (Å²) >= 11 is 0. The molecule has 1 N–H and O–H groups in total. The first-order valence-corrected chi connectivity index (χ1v) is 2.35. The van der Waals surface area contributed by atoms with Crippen molar-refractivity contribution >= 4 is 0 Å². The maximum Gasteiger partial charge on any atom is 0.113 e. The van der Waals surface area contributed by atoms with E-state index in [9.17, 15) is 5.21 Å². The molecule has 0 aliphatic heterocycles. The smallest absolute Gasteiger partial charge is 0.113 e. The number of rotatable bonds is 2. The van der Waals surface area contributed by atoms with Crippen LogP contribution in [0.1, 0.15) is 13.8 Å². The Morgan fingerprint density at radius 2 is 2.25 bits per heavy atom. The molecule has 0 aliphatic rings. The lowest BCUT2D eigenvalue weighted by Crippen LogP contribution is -2.24. The van der Waals surface area contributed by atoms with Crippen molar-refractivity contribution in [2.75, 3.05) is 0 Å². The minimum Gasteiger partial charge on any atom is -0.757 e. The molecule has 0 radical (unpaired) electrons. The standard InChI is InChI=1S/C5H10NO2/c1-4(2)6(8)5(3)7/h5,7H,1H2,2-3H3/q-1. The van der Waals surface area contributed by atoms with Crippen LogP contribution in [0.5, 0.6) is 0 Å². The highest BCUT2D eigenvalue weighted by Gasteiger charge is 1.94. The minimum atomic E-state index is -0.979. The molecule has 0 aromatic heterocycles. The molecule has 1 unspecified atom stereocenters. The third-order valence-electron chi connectivity index (χ3n) is 0.716. The van der Waals surface area contributed by atoms with Crippen molar-refractivity contribution in [3.05, 3.63) is 17.5 Å². The van der Waals surface area contributed by atoms with Crippen LogP contribution >= 0.6 is 0 Å². The normalized spacial score (nSPS) is 13.0. The van der Waals surface area contributed by atoms with Gasteiger partial charge in [0.25, 0.3) is 0 Å². The third kappa shape index (κ3) is 1.95. The van der Waals surface area contributed by atoms with E-state index in [4.69, 9.17) is 5.11 Å².